The summed E-state index contributed by atoms with van der Waals surface area (Å²) in [5.74, 6) is -0.739. The quantitative estimate of drug-likeness (QED) is 0.513. The van der Waals surface area contributed by atoms with Crippen molar-refractivity contribution < 1.29 is 14.3 Å². The van der Waals surface area contributed by atoms with E-state index in [-0.39, 0.29) is 11.7 Å². The number of nitrogens with one attached hydrogen (secondary N) is 2. The molecule has 1 amide bonds. The van der Waals surface area contributed by atoms with Gasteiger partial charge in [0.1, 0.15) is 6.04 Å². The molecule has 31 heavy (non-hydrogen) atoms. The number of carbonyl (C=O) groups is 2. The van der Waals surface area contributed by atoms with E-state index in [0.29, 0.717) is 27.9 Å². The largest absolute Gasteiger partial charge is 0.463 e. The highest BCUT2D eigenvalue weighted by molar-refractivity contribution is 9.10. The zero-order valence-corrected chi connectivity index (χ0v) is 18.9. The fourth-order valence-corrected chi connectivity index (χ4v) is 3.70. The first-order valence-electron chi connectivity index (χ1n) is 9.22. The van der Waals surface area contributed by atoms with Gasteiger partial charge in [0.05, 0.1) is 12.7 Å². The summed E-state index contributed by atoms with van der Waals surface area (Å²) in [4.78, 5) is 29.5. The lowest BCUT2D eigenvalue weighted by molar-refractivity contribution is -0.113. The standard InChI is InChI=1S/C21H17BrClN5O3/c1-11-16(19(29)25-15-9-7-14(23)8-10-15)17(12-3-5-13(22)6-4-12)28-21(24-11)26-18(27-28)20(30)31-2/h3-10,17H,1-2H3,(H,25,29)(H,24,26,27)/t17-/m0/s1. The van der Waals surface area contributed by atoms with Crippen LogP contribution in [0.3, 0.4) is 0 Å². The summed E-state index contributed by atoms with van der Waals surface area (Å²) in [7, 11) is 1.26. The van der Waals surface area contributed by atoms with Crippen molar-refractivity contribution in [3.05, 3.63) is 80.7 Å². The number of amides is 1. The van der Waals surface area contributed by atoms with Crippen LogP contribution < -0.4 is 10.6 Å². The lowest BCUT2D eigenvalue weighted by Gasteiger charge is -2.28. The van der Waals surface area contributed by atoms with E-state index in [1.165, 1.54) is 11.8 Å². The van der Waals surface area contributed by atoms with Gasteiger partial charge in [0.15, 0.2) is 0 Å². The predicted octanol–water partition coefficient (Wildman–Crippen LogP) is 4.41. The summed E-state index contributed by atoms with van der Waals surface area (Å²) in [5.41, 5.74) is 2.43. The third-order valence-corrected chi connectivity index (χ3v) is 5.53. The summed E-state index contributed by atoms with van der Waals surface area (Å²) in [6.45, 7) is 1.78. The van der Waals surface area contributed by atoms with Crippen molar-refractivity contribution in [3.63, 3.8) is 0 Å². The Morgan fingerprint density at radius 1 is 1.16 bits per heavy atom. The number of carbonyl (C=O) groups excluding carboxylic acids is 2. The number of hydrogen-bond donors (Lipinski definition) is 2. The number of esters is 1. The van der Waals surface area contributed by atoms with Crippen LogP contribution in [0.2, 0.25) is 5.02 Å². The maximum absolute atomic E-state index is 13.3. The number of fused-ring (bicyclic) bond motifs is 1. The summed E-state index contributed by atoms with van der Waals surface area (Å²) in [6, 6.07) is 13.7. The Bertz CT molecular complexity index is 1190. The Labute approximate surface area is 191 Å². The number of ether oxygens (including phenoxy) is 1. The second kappa shape index (κ2) is 8.52. The van der Waals surface area contributed by atoms with Gasteiger partial charge in [-0.15, -0.1) is 5.10 Å². The summed E-state index contributed by atoms with van der Waals surface area (Å²) in [6.07, 6.45) is 0. The van der Waals surface area contributed by atoms with Crippen LogP contribution >= 0.6 is 27.5 Å². The molecule has 2 aromatic carbocycles. The number of nitrogens with zero attached hydrogens (tertiary/aromatic N) is 3. The van der Waals surface area contributed by atoms with Crippen LogP contribution in [0, 0.1) is 0 Å². The van der Waals surface area contributed by atoms with Crippen molar-refractivity contribution in [2.24, 2.45) is 0 Å². The second-order valence-electron chi connectivity index (χ2n) is 6.77. The Morgan fingerprint density at radius 3 is 2.48 bits per heavy atom. The molecule has 10 heteroatoms. The zero-order chi connectivity index (χ0) is 22.1. The highest BCUT2D eigenvalue weighted by Gasteiger charge is 2.35. The van der Waals surface area contributed by atoms with Gasteiger partial charge in [-0.05, 0) is 48.9 Å². The molecule has 2 heterocycles. The van der Waals surface area contributed by atoms with Crippen LogP contribution in [0.5, 0.6) is 0 Å². The van der Waals surface area contributed by atoms with Crippen LogP contribution in [-0.2, 0) is 9.53 Å². The molecule has 158 valence electrons. The molecule has 3 aromatic rings. The van der Waals surface area contributed by atoms with E-state index in [0.717, 1.165) is 10.0 Å². The molecule has 0 unspecified atom stereocenters. The molecule has 2 N–H and O–H groups in total. The fraction of sp³-hybridized carbons (Fsp3) is 0.143. The summed E-state index contributed by atoms with van der Waals surface area (Å²) in [5, 5.41) is 10.8. The van der Waals surface area contributed by atoms with E-state index in [1.807, 2.05) is 24.3 Å². The van der Waals surface area contributed by atoms with Gasteiger partial charge in [-0.25, -0.2) is 9.48 Å². The number of benzene rings is 2. The molecular weight excluding hydrogens is 486 g/mol. The van der Waals surface area contributed by atoms with Gasteiger partial charge >= 0.3 is 5.97 Å². The molecule has 1 aliphatic rings. The van der Waals surface area contributed by atoms with Crippen LogP contribution in [-0.4, -0.2) is 33.8 Å². The zero-order valence-electron chi connectivity index (χ0n) is 16.5. The third-order valence-electron chi connectivity index (χ3n) is 4.75. The molecule has 0 radical (unpaired) electrons. The lowest BCUT2D eigenvalue weighted by atomic mass is 9.95. The molecule has 0 fully saturated rings. The Kier molecular flexibility index (Phi) is 5.79. The molecule has 0 bridgehead atoms. The minimum absolute atomic E-state index is 0.0979. The molecule has 0 spiro atoms. The van der Waals surface area contributed by atoms with Gasteiger partial charge in [0.25, 0.3) is 11.7 Å². The predicted molar refractivity (Wildman–Crippen MR) is 120 cm³/mol. The number of hydrogen-bond acceptors (Lipinski definition) is 6. The third kappa shape index (κ3) is 4.19. The number of methoxy groups -OCH3 is 1. The maximum Gasteiger partial charge on any atom is 0.378 e. The first kappa shape index (κ1) is 21.1. The van der Waals surface area contributed by atoms with Gasteiger partial charge in [-0.1, -0.05) is 39.7 Å². The molecule has 1 aliphatic heterocycles. The molecule has 0 saturated carbocycles. The smallest absolute Gasteiger partial charge is 0.378 e. The van der Waals surface area contributed by atoms with Crippen molar-refractivity contribution in [2.45, 2.75) is 13.0 Å². The van der Waals surface area contributed by atoms with Crippen LogP contribution in [0.4, 0.5) is 11.6 Å². The fourth-order valence-electron chi connectivity index (χ4n) is 3.31. The molecule has 0 saturated heterocycles. The lowest BCUT2D eigenvalue weighted by Crippen LogP contribution is -2.31. The van der Waals surface area contributed by atoms with E-state index in [9.17, 15) is 9.59 Å². The first-order valence-corrected chi connectivity index (χ1v) is 10.4. The number of anilines is 2. The van der Waals surface area contributed by atoms with E-state index < -0.39 is 12.0 Å². The Morgan fingerprint density at radius 2 is 1.84 bits per heavy atom. The van der Waals surface area contributed by atoms with Gasteiger partial charge in [-0.2, -0.15) is 4.98 Å². The van der Waals surface area contributed by atoms with Crippen LogP contribution in [0.25, 0.3) is 0 Å². The number of allylic oxidation sites excluding steroid dienone is 1. The summed E-state index contributed by atoms with van der Waals surface area (Å²) < 4.78 is 7.15. The number of rotatable bonds is 4. The molecule has 1 atom stereocenters. The molecule has 0 aliphatic carbocycles. The molecule has 4 rings (SSSR count). The monoisotopic (exact) mass is 501 g/mol. The Balaban J connectivity index is 1.78. The molecular formula is C21H17BrClN5O3. The second-order valence-corrected chi connectivity index (χ2v) is 8.13. The number of halogens is 2. The van der Waals surface area contributed by atoms with Crippen LogP contribution in [0.15, 0.2) is 64.3 Å². The summed E-state index contributed by atoms with van der Waals surface area (Å²) >= 11 is 9.37. The van der Waals surface area contributed by atoms with Crippen molar-refractivity contribution >= 4 is 51.0 Å². The van der Waals surface area contributed by atoms with Gasteiger partial charge in [0.2, 0.25) is 5.95 Å². The van der Waals surface area contributed by atoms with Crippen molar-refractivity contribution in [1.82, 2.24) is 14.8 Å². The minimum atomic E-state index is -0.664. The van der Waals surface area contributed by atoms with E-state index in [1.54, 1.807) is 31.2 Å². The van der Waals surface area contributed by atoms with Crippen molar-refractivity contribution in [1.29, 1.82) is 0 Å². The Hall–Kier alpha value is -3.17. The van der Waals surface area contributed by atoms with E-state index >= 15 is 0 Å². The maximum atomic E-state index is 13.3. The average molecular weight is 503 g/mol. The topological polar surface area (TPSA) is 98.1 Å². The number of aromatic nitrogens is 3. The first-order chi connectivity index (χ1) is 14.9. The SMILES string of the molecule is COC(=O)c1nc2n(n1)[C@@H](c1ccc(Br)cc1)C(C(=O)Nc1ccc(Cl)cc1)=C(C)N2. The highest BCUT2D eigenvalue weighted by Crippen LogP contribution is 2.36. The average Bonchev–Trinajstić information content (AvgIpc) is 3.18. The highest BCUT2D eigenvalue weighted by atomic mass is 79.9. The molecule has 8 nitrogen and oxygen atoms in total. The van der Waals surface area contributed by atoms with E-state index in [2.05, 4.69) is 36.6 Å². The molecule has 1 aromatic heterocycles. The minimum Gasteiger partial charge on any atom is -0.463 e. The van der Waals surface area contributed by atoms with Gasteiger partial charge < -0.3 is 15.4 Å². The van der Waals surface area contributed by atoms with E-state index in [4.69, 9.17) is 16.3 Å². The van der Waals surface area contributed by atoms with Gasteiger partial charge in [-0.3, -0.25) is 4.79 Å². The normalized spacial score (nSPS) is 15.2. The van der Waals surface area contributed by atoms with Crippen molar-refractivity contribution in [2.75, 3.05) is 17.7 Å². The van der Waals surface area contributed by atoms with Gasteiger partial charge in [0, 0.05) is 20.9 Å². The van der Waals surface area contributed by atoms with Crippen LogP contribution in [0.1, 0.15) is 29.1 Å². The van der Waals surface area contributed by atoms with Crippen molar-refractivity contribution in [3.8, 4) is 0 Å².